The summed E-state index contributed by atoms with van der Waals surface area (Å²) in [5.74, 6) is 1.12. The van der Waals surface area contributed by atoms with Crippen molar-refractivity contribution in [2.45, 2.75) is 43.3 Å². The fourth-order valence-corrected chi connectivity index (χ4v) is 5.34. The molecule has 0 saturated carbocycles. The lowest BCUT2D eigenvalue weighted by Gasteiger charge is -2.38. The van der Waals surface area contributed by atoms with Gasteiger partial charge in [-0.05, 0) is 37.0 Å². The van der Waals surface area contributed by atoms with Gasteiger partial charge >= 0.3 is 0 Å². The van der Waals surface area contributed by atoms with Gasteiger partial charge in [-0.15, -0.1) is 0 Å². The van der Waals surface area contributed by atoms with Crippen LogP contribution in [0.4, 0.5) is 5.69 Å². The molecule has 0 N–H and O–H groups in total. The van der Waals surface area contributed by atoms with Gasteiger partial charge in [0.25, 0.3) is 5.69 Å². The largest absolute Gasteiger partial charge is 0.294 e. The van der Waals surface area contributed by atoms with Crippen LogP contribution >= 0.6 is 11.8 Å². The standard InChI is InChI=1S/C18H18N2O3S/c21-15-8-2-6-13-17(15)16(18-14(19-13)7-3-9-24-18)11-4-1-5-12(10-11)20(22)23/h1,4-5,10,16,18H,2-3,6-9H2. The maximum absolute atomic E-state index is 12.6. The van der Waals surface area contributed by atoms with Crippen LogP contribution in [-0.4, -0.2) is 27.4 Å². The summed E-state index contributed by atoms with van der Waals surface area (Å²) in [6.45, 7) is 0. The molecular formula is C18H18N2O3S. The fraction of sp³-hybridized carbons (Fsp3) is 0.444. The number of benzene rings is 1. The molecule has 2 heterocycles. The third kappa shape index (κ3) is 2.59. The third-order valence-electron chi connectivity index (χ3n) is 4.96. The highest BCUT2D eigenvalue weighted by Crippen LogP contribution is 2.47. The topological polar surface area (TPSA) is 72.6 Å². The van der Waals surface area contributed by atoms with Crippen molar-refractivity contribution in [3.63, 3.8) is 0 Å². The zero-order chi connectivity index (χ0) is 16.7. The van der Waals surface area contributed by atoms with Gasteiger partial charge in [0.05, 0.1) is 10.2 Å². The van der Waals surface area contributed by atoms with Crippen LogP contribution in [0.2, 0.25) is 0 Å². The number of non-ortho nitro benzene ring substituents is 1. The second kappa shape index (κ2) is 6.16. The molecule has 1 aliphatic carbocycles. The molecule has 0 bridgehead atoms. The predicted octanol–water partition coefficient (Wildman–Crippen LogP) is 4.04. The Balaban J connectivity index is 1.85. The summed E-state index contributed by atoms with van der Waals surface area (Å²) in [7, 11) is 0. The zero-order valence-electron chi connectivity index (χ0n) is 13.2. The number of fused-ring (bicyclic) bond motifs is 1. The first-order valence-corrected chi connectivity index (χ1v) is 9.39. The van der Waals surface area contributed by atoms with Crippen molar-refractivity contribution < 1.29 is 9.72 Å². The van der Waals surface area contributed by atoms with Crippen LogP contribution < -0.4 is 0 Å². The number of hydrogen-bond acceptors (Lipinski definition) is 5. The minimum Gasteiger partial charge on any atom is -0.294 e. The van der Waals surface area contributed by atoms with E-state index in [1.54, 1.807) is 12.1 Å². The van der Waals surface area contributed by atoms with Gasteiger partial charge in [0.1, 0.15) is 0 Å². The monoisotopic (exact) mass is 342 g/mol. The number of carbonyl (C=O) groups is 1. The minimum atomic E-state index is -0.368. The fourth-order valence-electron chi connectivity index (χ4n) is 3.92. The Kier molecular flexibility index (Phi) is 4.00. The lowest BCUT2D eigenvalue weighted by Crippen LogP contribution is -2.36. The quantitative estimate of drug-likeness (QED) is 0.601. The molecule has 3 aliphatic rings. The molecular weight excluding hydrogens is 324 g/mol. The number of allylic oxidation sites excluding steroid dienone is 2. The van der Waals surface area contributed by atoms with E-state index in [0.717, 1.165) is 54.0 Å². The van der Waals surface area contributed by atoms with Crippen molar-refractivity contribution in [1.82, 2.24) is 0 Å². The van der Waals surface area contributed by atoms with Gasteiger partial charge in [-0.2, -0.15) is 11.8 Å². The van der Waals surface area contributed by atoms with E-state index in [9.17, 15) is 14.9 Å². The van der Waals surface area contributed by atoms with Crippen molar-refractivity contribution in [3.05, 3.63) is 51.2 Å². The smallest absolute Gasteiger partial charge is 0.269 e. The second-order valence-corrected chi connectivity index (χ2v) is 7.71. The summed E-state index contributed by atoms with van der Waals surface area (Å²) in [5, 5.41) is 11.3. The number of aliphatic imine (C=N–C) groups is 1. The number of ketones is 1. The molecule has 1 aromatic rings. The van der Waals surface area contributed by atoms with Crippen molar-refractivity contribution in [3.8, 4) is 0 Å². The van der Waals surface area contributed by atoms with E-state index in [0.29, 0.717) is 6.42 Å². The maximum Gasteiger partial charge on any atom is 0.269 e. The van der Waals surface area contributed by atoms with Gasteiger partial charge in [0, 0.05) is 41.5 Å². The van der Waals surface area contributed by atoms with Crippen LogP contribution in [0.1, 0.15) is 43.6 Å². The number of thioether (sulfide) groups is 1. The van der Waals surface area contributed by atoms with Crippen molar-refractivity contribution in [1.29, 1.82) is 0 Å². The number of rotatable bonds is 2. The van der Waals surface area contributed by atoms with Gasteiger partial charge in [-0.25, -0.2) is 0 Å². The summed E-state index contributed by atoms with van der Waals surface area (Å²) in [6, 6.07) is 6.78. The number of carbonyl (C=O) groups excluding carboxylic acids is 1. The Morgan fingerprint density at radius 1 is 1.21 bits per heavy atom. The summed E-state index contributed by atoms with van der Waals surface area (Å²) in [6.07, 6.45) is 4.33. The molecule has 1 fully saturated rings. The highest BCUT2D eigenvalue weighted by molar-refractivity contribution is 8.00. The molecule has 0 spiro atoms. The Labute approximate surface area is 144 Å². The molecule has 0 aromatic heterocycles. The Morgan fingerprint density at radius 2 is 2.08 bits per heavy atom. The Hall–Kier alpha value is -1.95. The average Bonchev–Trinajstić information content (AvgIpc) is 2.60. The lowest BCUT2D eigenvalue weighted by molar-refractivity contribution is -0.384. The average molecular weight is 342 g/mol. The molecule has 4 rings (SSSR count). The van der Waals surface area contributed by atoms with Gasteiger partial charge < -0.3 is 0 Å². The summed E-state index contributed by atoms with van der Waals surface area (Å²) in [5.41, 5.74) is 3.86. The molecule has 1 saturated heterocycles. The molecule has 6 heteroatoms. The highest BCUT2D eigenvalue weighted by atomic mass is 32.2. The van der Waals surface area contributed by atoms with Crippen LogP contribution in [-0.2, 0) is 4.79 Å². The van der Waals surface area contributed by atoms with Crippen LogP contribution in [0.25, 0.3) is 0 Å². The molecule has 2 atom stereocenters. The van der Waals surface area contributed by atoms with Crippen LogP contribution in [0.15, 0.2) is 40.5 Å². The van der Waals surface area contributed by atoms with Gasteiger partial charge in [-0.3, -0.25) is 19.9 Å². The van der Waals surface area contributed by atoms with Crippen molar-refractivity contribution in [2.24, 2.45) is 4.99 Å². The van der Waals surface area contributed by atoms with Crippen LogP contribution in [0.5, 0.6) is 0 Å². The van der Waals surface area contributed by atoms with E-state index in [4.69, 9.17) is 4.99 Å². The predicted molar refractivity (Wildman–Crippen MR) is 94.6 cm³/mol. The van der Waals surface area contributed by atoms with E-state index < -0.39 is 0 Å². The van der Waals surface area contributed by atoms with Crippen LogP contribution in [0.3, 0.4) is 0 Å². The third-order valence-corrected chi connectivity index (χ3v) is 6.39. The molecule has 0 radical (unpaired) electrons. The number of Topliss-reactive ketones (excluding diaryl/α,β-unsaturated/α-hetero) is 1. The number of nitro groups is 1. The molecule has 2 aliphatic heterocycles. The lowest BCUT2D eigenvalue weighted by atomic mass is 9.76. The maximum atomic E-state index is 12.6. The summed E-state index contributed by atoms with van der Waals surface area (Å²) < 4.78 is 0. The molecule has 2 unspecified atom stereocenters. The molecule has 24 heavy (non-hydrogen) atoms. The molecule has 0 amide bonds. The summed E-state index contributed by atoms with van der Waals surface area (Å²) >= 11 is 1.84. The number of nitro benzene ring substituents is 1. The first kappa shape index (κ1) is 15.6. The van der Waals surface area contributed by atoms with E-state index in [1.807, 2.05) is 17.8 Å². The Bertz CT molecular complexity index is 784. The molecule has 5 nitrogen and oxygen atoms in total. The SMILES string of the molecule is O=C1CCCC2=C1C(c1cccc([N+](=O)[O-])c1)C1SCCCC1=N2. The zero-order valence-corrected chi connectivity index (χ0v) is 14.1. The van der Waals surface area contributed by atoms with E-state index in [1.165, 1.54) is 6.07 Å². The minimum absolute atomic E-state index is 0.0859. The normalized spacial score (nSPS) is 26.5. The van der Waals surface area contributed by atoms with Gasteiger partial charge in [0.2, 0.25) is 0 Å². The van der Waals surface area contributed by atoms with Crippen molar-refractivity contribution in [2.75, 3.05) is 5.75 Å². The molecule has 1 aromatic carbocycles. The second-order valence-electron chi connectivity index (χ2n) is 6.46. The molecule has 124 valence electrons. The van der Waals surface area contributed by atoms with Gasteiger partial charge in [0.15, 0.2) is 5.78 Å². The van der Waals surface area contributed by atoms with Gasteiger partial charge in [-0.1, -0.05) is 12.1 Å². The van der Waals surface area contributed by atoms with Crippen LogP contribution in [0, 0.1) is 10.1 Å². The first-order chi connectivity index (χ1) is 11.6. The van der Waals surface area contributed by atoms with E-state index in [-0.39, 0.29) is 27.6 Å². The van der Waals surface area contributed by atoms with E-state index in [2.05, 4.69) is 0 Å². The van der Waals surface area contributed by atoms with E-state index >= 15 is 0 Å². The highest BCUT2D eigenvalue weighted by Gasteiger charge is 2.41. The first-order valence-electron chi connectivity index (χ1n) is 8.35. The summed E-state index contributed by atoms with van der Waals surface area (Å²) in [4.78, 5) is 28.3. The number of hydrogen-bond donors (Lipinski definition) is 0. The Morgan fingerprint density at radius 3 is 2.92 bits per heavy atom. The van der Waals surface area contributed by atoms with Crippen molar-refractivity contribution >= 4 is 28.9 Å². The number of nitrogens with zero attached hydrogens (tertiary/aromatic N) is 2.